The second kappa shape index (κ2) is 12.0. The molecule has 0 unspecified atom stereocenters. The summed E-state index contributed by atoms with van der Waals surface area (Å²) in [5.41, 5.74) is 1.25. The number of carbonyl (C=O) groups is 1. The van der Waals surface area contributed by atoms with E-state index in [-0.39, 0.29) is 5.91 Å². The van der Waals surface area contributed by atoms with Gasteiger partial charge < -0.3 is 10.6 Å². The number of rotatable bonds is 9. The van der Waals surface area contributed by atoms with Gasteiger partial charge in [-0.05, 0) is 37.1 Å². The van der Waals surface area contributed by atoms with Crippen LogP contribution in [0.25, 0.3) is 0 Å². The number of nitrogens with zero attached hydrogens (tertiary/aromatic N) is 4. The zero-order chi connectivity index (χ0) is 19.2. The van der Waals surface area contributed by atoms with Crippen molar-refractivity contribution in [3.8, 4) is 6.19 Å². The number of amides is 1. The highest BCUT2D eigenvalue weighted by Gasteiger charge is 2.04. The van der Waals surface area contributed by atoms with Crippen molar-refractivity contribution in [1.82, 2.24) is 20.6 Å². The molecular formula is C19H23N7O. The highest BCUT2D eigenvalue weighted by molar-refractivity contribution is 5.94. The van der Waals surface area contributed by atoms with Gasteiger partial charge in [-0.15, -0.1) is 0 Å². The van der Waals surface area contributed by atoms with E-state index < -0.39 is 0 Å². The van der Waals surface area contributed by atoms with Gasteiger partial charge in [-0.3, -0.25) is 25.1 Å². The Bertz CT molecular complexity index is 757. The fraction of sp³-hybridized carbons (Fsp3) is 0.316. The molecule has 0 radical (unpaired) electrons. The Labute approximate surface area is 158 Å². The van der Waals surface area contributed by atoms with Crippen LogP contribution in [-0.4, -0.2) is 34.9 Å². The maximum atomic E-state index is 11.8. The van der Waals surface area contributed by atoms with E-state index in [1.807, 2.05) is 6.19 Å². The van der Waals surface area contributed by atoms with Crippen LogP contribution in [0, 0.1) is 11.5 Å². The zero-order valence-electron chi connectivity index (χ0n) is 15.1. The summed E-state index contributed by atoms with van der Waals surface area (Å²) in [6.07, 6.45) is 10.6. The molecule has 0 aliphatic rings. The van der Waals surface area contributed by atoms with E-state index >= 15 is 0 Å². The molecule has 27 heavy (non-hydrogen) atoms. The number of pyridine rings is 2. The molecule has 0 bridgehead atoms. The Balaban J connectivity index is 1.59. The number of nitriles is 1. The van der Waals surface area contributed by atoms with Crippen molar-refractivity contribution in [2.24, 2.45) is 4.99 Å². The summed E-state index contributed by atoms with van der Waals surface area (Å²) in [4.78, 5) is 24.2. The molecule has 0 aromatic carbocycles. The number of hydrogen-bond donors (Lipinski definition) is 3. The SMILES string of the molecule is N#CNC(=NCCCCCCNC(=O)c1ccccn1)Nc1ccncc1. The van der Waals surface area contributed by atoms with Gasteiger partial charge in [-0.25, -0.2) is 0 Å². The maximum absolute atomic E-state index is 11.8. The molecule has 0 fully saturated rings. The molecule has 8 heteroatoms. The molecule has 2 rings (SSSR count). The highest BCUT2D eigenvalue weighted by atomic mass is 16.1. The maximum Gasteiger partial charge on any atom is 0.269 e. The van der Waals surface area contributed by atoms with Crippen molar-refractivity contribution in [3.05, 3.63) is 54.6 Å². The van der Waals surface area contributed by atoms with E-state index in [0.717, 1.165) is 31.4 Å². The topological polar surface area (TPSA) is 115 Å². The molecule has 2 aromatic rings. The average Bonchev–Trinajstić information content (AvgIpc) is 2.71. The summed E-state index contributed by atoms with van der Waals surface area (Å²) < 4.78 is 0. The highest BCUT2D eigenvalue weighted by Crippen LogP contribution is 2.04. The van der Waals surface area contributed by atoms with Crippen LogP contribution < -0.4 is 16.0 Å². The number of aliphatic imine (C=N–C) groups is 1. The standard InChI is InChI=1S/C19H23N7O/c20-15-25-19(26-16-8-13-21-14-9-16)24-12-5-2-1-4-11-23-18(27)17-7-3-6-10-22-17/h3,6-10,13-14H,1-2,4-5,11-12H2,(H,23,27)(H2,21,24,25,26). The molecule has 1 amide bonds. The van der Waals surface area contributed by atoms with Crippen molar-refractivity contribution >= 4 is 17.6 Å². The molecule has 3 N–H and O–H groups in total. The Hall–Kier alpha value is -3.47. The summed E-state index contributed by atoms with van der Waals surface area (Å²) in [6.45, 7) is 1.24. The van der Waals surface area contributed by atoms with Crippen molar-refractivity contribution in [1.29, 1.82) is 5.26 Å². The lowest BCUT2D eigenvalue weighted by atomic mass is 10.2. The predicted molar refractivity (Wildman–Crippen MR) is 104 cm³/mol. The lowest BCUT2D eigenvalue weighted by Gasteiger charge is -2.07. The number of guanidine groups is 1. The Kier molecular flexibility index (Phi) is 8.80. The molecule has 2 heterocycles. The van der Waals surface area contributed by atoms with Gasteiger partial charge in [-0.2, -0.15) is 5.26 Å². The van der Waals surface area contributed by atoms with Gasteiger partial charge in [-0.1, -0.05) is 18.9 Å². The van der Waals surface area contributed by atoms with E-state index in [1.54, 1.807) is 48.9 Å². The molecule has 0 aliphatic carbocycles. The monoisotopic (exact) mass is 365 g/mol. The van der Waals surface area contributed by atoms with E-state index in [1.165, 1.54) is 0 Å². The number of unbranched alkanes of at least 4 members (excludes halogenated alkanes) is 3. The summed E-state index contributed by atoms with van der Waals surface area (Å²) in [5, 5.41) is 17.3. The molecular weight excluding hydrogens is 342 g/mol. The van der Waals surface area contributed by atoms with Crippen LogP contribution in [0.1, 0.15) is 36.2 Å². The van der Waals surface area contributed by atoms with Gasteiger partial charge in [0.15, 0.2) is 6.19 Å². The van der Waals surface area contributed by atoms with Crippen LogP contribution in [0.2, 0.25) is 0 Å². The Morgan fingerprint density at radius 1 is 1.07 bits per heavy atom. The van der Waals surface area contributed by atoms with Gasteiger partial charge in [0, 0.05) is 37.4 Å². The second-order valence-electron chi connectivity index (χ2n) is 5.71. The summed E-state index contributed by atoms with van der Waals surface area (Å²) in [7, 11) is 0. The molecule has 8 nitrogen and oxygen atoms in total. The van der Waals surface area contributed by atoms with Crippen molar-refractivity contribution in [2.75, 3.05) is 18.4 Å². The van der Waals surface area contributed by atoms with E-state index in [2.05, 4.69) is 30.9 Å². The Morgan fingerprint density at radius 2 is 1.89 bits per heavy atom. The van der Waals surface area contributed by atoms with Crippen LogP contribution in [0.5, 0.6) is 0 Å². The fourth-order valence-electron chi connectivity index (χ4n) is 2.31. The third-order valence-corrected chi connectivity index (χ3v) is 3.66. The first-order valence-corrected chi connectivity index (χ1v) is 8.85. The van der Waals surface area contributed by atoms with Crippen LogP contribution >= 0.6 is 0 Å². The summed E-state index contributed by atoms with van der Waals surface area (Å²) in [5.74, 6) is 0.279. The summed E-state index contributed by atoms with van der Waals surface area (Å²) in [6, 6.07) is 8.87. The van der Waals surface area contributed by atoms with Crippen molar-refractivity contribution in [3.63, 3.8) is 0 Å². The van der Waals surface area contributed by atoms with Gasteiger partial charge in [0.25, 0.3) is 5.91 Å². The third-order valence-electron chi connectivity index (χ3n) is 3.66. The van der Waals surface area contributed by atoms with E-state index in [4.69, 9.17) is 5.26 Å². The normalized spacial score (nSPS) is 10.7. The quantitative estimate of drug-likeness (QED) is 0.206. The van der Waals surface area contributed by atoms with Gasteiger partial charge in [0.2, 0.25) is 5.96 Å². The molecule has 0 saturated carbocycles. The average molecular weight is 365 g/mol. The first-order valence-electron chi connectivity index (χ1n) is 8.85. The van der Waals surface area contributed by atoms with Crippen molar-refractivity contribution < 1.29 is 4.79 Å². The van der Waals surface area contributed by atoms with Gasteiger partial charge >= 0.3 is 0 Å². The predicted octanol–water partition coefficient (Wildman–Crippen LogP) is 2.31. The van der Waals surface area contributed by atoms with Crippen LogP contribution in [0.15, 0.2) is 53.9 Å². The smallest absolute Gasteiger partial charge is 0.269 e. The zero-order valence-corrected chi connectivity index (χ0v) is 15.1. The number of aromatic nitrogens is 2. The van der Waals surface area contributed by atoms with E-state index in [0.29, 0.717) is 24.7 Å². The van der Waals surface area contributed by atoms with E-state index in [9.17, 15) is 4.79 Å². The Morgan fingerprint density at radius 3 is 2.63 bits per heavy atom. The van der Waals surface area contributed by atoms with Crippen LogP contribution in [-0.2, 0) is 0 Å². The largest absolute Gasteiger partial charge is 0.351 e. The molecule has 0 spiro atoms. The fourth-order valence-corrected chi connectivity index (χ4v) is 2.31. The van der Waals surface area contributed by atoms with Gasteiger partial charge in [0.1, 0.15) is 5.69 Å². The first-order chi connectivity index (χ1) is 13.3. The molecule has 0 atom stereocenters. The molecule has 2 aromatic heterocycles. The van der Waals surface area contributed by atoms with Crippen molar-refractivity contribution in [2.45, 2.75) is 25.7 Å². The number of carbonyl (C=O) groups excluding carboxylic acids is 1. The minimum absolute atomic E-state index is 0.144. The summed E-state index contributed by atoms with van der Waals surface area (Å²) >= 11 is 0. The molecule has 140 valence electrons. The number of anilines is 1. The first kappa shape index (κ1) is 19.8. The number of hydrogen-bond acceptors (Lipinski definition) is 5. The van der Waals surface area contributed by atoms with Gasteiger partial charge in [0.05, 0.1) is 0 Å². The molecule has 0 aliphatic heterocycles. The lowest BCUT2D eigenvalue weighted by molar-refractivity contribution is 0.0948. The number of nitrogens with one attached hydrogen (secondary N) is 3. The minimum atomic E-state index is -0.144. The lowest BCUT2D eigenvalue weighted by Crippen LogP contribution is -2.27. The minimum Gasteiger partial charge on any atom is -0.351 e. The third kappa shape index (κ3) is 7.96. The van der Waals surface area contributed by atoms with Crippen LogP contribution in [0.4, 0.5) is 5.69 Å². The second-order valence-corrected chi connectivity index (χ2v) is 5.71. The molecule has 0 saturated heterocycles. The van der Waals surface area contributed by atoms with Crippen LogP contribution in [0.3, 0.4) is 0 Å².